The molecule has 3 heteroatoms. The second kappa shape index (κ2) is 5.21. The molecule has 1 rings (SSSR count). The van der Waals surface area contributed by atoms with Crippen molar-refractivity contribution in [2.45, 2.75) is 58.2 Å². The van der Waals surface area contributed by atoms with E-state index in [4.69, 9.17) is 4.42 Å². The van der Waals surface area contributed by atoms with Gasteiger partial charge in [0.1, 0.15) is 8.07 Å². The molecule has 0 spiro atoms. The van der Waals surface area contributed by atoms with Gasteiger partial charge in [-0.25, -0.2) is 0 Å². The monoisotopic (exact) mass is 252 g/mol. The lowest BCUT2D eigenvalue weighted by molar-refractivity contribution is 0.110. The Kier molecular flexibility index (Phi) is 4.36. The Morgan fingerprint density at radius 3 is 1.76 bits per heavy atom. The first-order valence-corrected chi connectivity index (χ1v) is 8.66. The first-order valence-electron chi connectivity index (χ1n) is 6.42. The van der Waals surface area contributed by atoms with Crippen molar-refractivity contribution in [2.75, 3.05) is 0 Å². The van der Waals surface area contributed by atoms with Gasteiger partial charge in [-0.15, -0.1) is 0 Å². The number of furan rings is 1. The van der Waals surface area contributed by atoms with E-state index < -0.39 is 8.07 Å². The van der Waals surface area contributed by atoms with Crippen molar-refractivity contribution < 1.29 is 9.21 Å². The maximum atomic E-state index is 10.8. The number of carbonyl (C=O) groups excluding carboxylic acids is 1. The minimum absolute atomic E-state index is 0.457. The Morgan fingerprint density at radius 1 is 1.00 bits per heavy atom. The van der Waals surface area contributed by atoms with Crippen LogP contribution < -0.4 is 5.38 Å². The van der Waals surface area contributed by atoms with Gasteiger partial charge in [0.25, 0.3) is 0 Å². The van der Waals surface area contributed by atoms with Gasteiger partial charge in [0, 0.05) is 0 Å². The van der Waals surface area contributed by atoms with E-state index in [1.54, 1.807) is 6.07 Å². The third-order valence-electron chi connectivity index (χ3n) is 4.04. The average Bonchev–Trinajstić information content (AvgIpc) is 2.65. The lowest BCUT2D eigenvalue weighted by atomic mass is 10.5. The fourth-order valence-corrected chi connectivity index (χ4v) is 9.88. The van der Waals surface area contributed by atoms with Crippen LogP contribution >= 0.6 is 0 Å². The predicted molar refractivity (Wildman–Crippen MR) is 74.8 cm³/mol. The normalized spacial score (nSPS) is 12.8. The zero-order valence-electron chi connectivity index (χ0n) is 11.8. The molecule has 0 N–H and O–H groups in total. The highest BCUT2D eigenvalue weighted by atomic mass is 28.3. The fourth-order valence-electron chi connectivity index (χ4n) is 3.50. The molecule has 0 saturated carbocycles. The van der Waals surface area contributed by atoms with E-state index in [1.165, 1.54) is 0 Å². The standard InChI is InChI=1S/C14H24O2Si/c1-10(2)17(11(3)4,12(5)6)14-8-7-13(9-15)16-14/h7-12H,1-6H3. The second-order valence-electron chi connectivity index (χ2n) is 5.72. The summed E-state index contributed by atoms with van der Waals surface area (Å²) in [5.41, 5.74) is 1.81. The van der Waals surface area contributed by atoms with Crippen LogP contribution in [0, 0.1) is 0 Å². The lowest BCUT2D eigenvalue weighted by Gasteiger charge is -2.40. The molecule has 1 heterocycles. The highest BCUT2D eigenvalue weighted by molar-refractivity contribution is 6.94. The molecule has 1 aromatic rings. The average molecular weight is 252 g/mol. The van der Waals surface area contributed by atoms with E-state index in [0.717, 1.165) is 11.7 Å². The summed E-state index contributed by atoms with van der Waals surface area (Å²) in [4.78, 5) is 10.8. The summed E-state index contributed by atoms with van der Waals surface area (Å²) >= 11 is 0. The molecule has 0 aromatic carbocycles. The van der Waals surface area contributed by atoms with Crippen LogP contribution in [0.2, 0.25) is 16.6 Å². The molecule has 0 amide bonds. The summed E-state index contributed by atoms with van der Waals surface area (Å²) in [5, 5.41) is 1.08. The third-order valence-corrected chi connectivity index (χ3v) is 10.9. The molecule has 0 atom stereocenters. The van der Waals surface area contributed by atoms with Crippen molar-refractivity contribution in [3.8, 4) is 0 Å². The van der Waals surface area contributed by atoms with Gasteiger partial charge in [-0.05, 0) is 28.8 Å². The van der Waals surface area contributed by atoms with Gasteiger partial charge >= 0.3 is 0 Å². The van der Waals surface area contributed by atoms with Gasteiger partial charge in [0.05, 0.1) is 5.38 Å². The van der Waals surface area contributed by atoms with Crippen molar-refractivity contribution >= 4 is 19.7 Å². The summed E-state index contributed by atoms with van der Waals surface area (Å²) in [6.07, 6.45) is 0.795. The number of rotatable bonds is 5. The van der Waals surface area contributed by atoms with Gasteiger partial charge in [-0.3, -0.25) is 4.79 Å². The minimum atomic E-state index is -1.72. The number of aldehydes is 1. The first-order chi connectivity index (χ1) is 7.87. The second-order valence-corrected chi connectivity index (χ2v) is 11.5. The van der Waals surface area contributed by atoms with E-state index in [9.17, 15) is 4.79 Å². The molecular formula is C14H24O2Si. The molecule has 0 aliphatic carbocycles. The quantitative estimate of drug-likeness (QED) is 0.586. The molecule has 0 saturated heterocycles. The lowest BCUT2D eigenvalue weighted by Crippen LogP contribution is -2.55. The number of carbonyl (C=O) groups is 1. The Labute approximate surface area is 105 Å². The summed E-state index contributed by atoms with van der Waals surface area (Å²) in [7, 11) is -1.72. The van der Waals surface area contributed by atoms with Crippen LogP contribution in [0.4, 0.5) is 0 Å². The van der Waals surface area contributed by atoms with Crippen molar-refractivity contribution in [2.24, 2.45) is 0 Å². The van der Waals surface area contributed by atoms with Crippen LogP contribution in [0.3, 0.4) is 0 Å². The smallest absolute Gasteiger partial charge is 0.185 e. The molecule has 17 heavy (non-hydrogen) atoms. The molecule has 0 aliphatic heterocycles. The molecule has 1 aromatic heterocycles. The Hall–Kier alpha value is -0.833. The highest BCUT2D eigenvalue weighted by Crippen LogP contribution is 2.41. The SMILES string of the molecule is CC(C)[Si](c1ccc(C=O)o1)(C(C)C)C(C)C. The van der Waals surface area contributed by atoms with E-state index in [0.29, 0.717) is 22.4 Å². The summed E-state index contributed by atoms with van der Waals surface area (Å²) in [6.45, 7) is 13.7. The van der Waals surface area contributed by atoms with Crippen LogP contribution in [-0.4, -0.2) is 14.4 Å². The fraction of sp³-hybridized carbons (Fsp3) is 0.643. The third kappa shape index (κ3) is 2.25. The van der Waals surface area contributed by atoms with Crippen LogP contribution in [0.15, 0.2) is 16.5 Å². The van der Waals surface area contributed by atoms with Crippen molar-refractivity contribution in [3.63, 3.8) is 0 Å². The van der Waals surface area contributed by atoms with Crippen LogP contribution in [0.1, 0.15) is 52.1 Å². The molecule has 0 aliphatic rings. The number of hydrogen-bond acceptors (Lipinski definition) is 2. The number of hydrogen-bond donors (Lipinski definition) is 0. The largest absolute Gasteiger partial charge is 0.463 e. The predicted octanol–water partition coefficient (Wildman–Crippen LogP) is 3.98. The molecule has 0 unspecified atom stereocenters. The minimum Gasteiger partial charge on any atom is -0.463 e. The molecule has 0 radical (unpaired) electrons. The van der Waals surface area contributed by atoms with Gasteiger partial charge < -0.3 is 4.42 Å². The van der Waals surface area contributed by atoms with E-state index in [-0.39, 0.29) is 0 Å². The molecule has 2 nitrogen and oxygen atoms in total. The van der Waals surface area contributed by atoms with Crippen LogP contribution in [0.5, 0.6) is 0 Å². The summed E-state index contributed by atoms with van der Waals surface area (Å²) < 4.78 is 5.78. The van der Waals surface area contributed by atoms with Gasteiger partial charge in [0.15, 0.2) is 12.0 Å². The van der Waals surface area contributed by atoms with Crippen LogP contribution in [-0.2, 0) is 0 Å². The topological polar surface area (TPSA) is 30.2 Å². The van der Waals surface area contributed by atoms with E-state index in [1.807, 2.05) is 6.07 Å². The van der Waals surface area contributed by atoms with Crippen molar-refractivity contribution in [1.82, 2.24) is 0 Å². The molecule has 96 valence electrons. The Bertz CT molecular complexity index is 356. The zero-order chi connectivity index (χ0) is 13.2. The first kappa shape index (κ1) is 14.2. The van der Waals surface area contributed by atoms with Crippen molar-refractivity contribution in [3.05, 3.63) is 17.9 Å². The maximum Gasteiger partial charge on any atom is 0.185 e. The zero-order valence-corrected chi connectivity index (χ0v) is 12.8. The van der Waals surface area contributed by atoms with Crippen LogP contribution in [0.25, 0.3) is 0 Å². The molecule has 0 fully saturated rings. The maximum absolute atomic E-state index is 10.8. The molecule has 0 bridgehead atoms. The van der Waals surface area contributed by atoms with E-state index in [2.05, 4.69) is 41.5 Å². The van der Waals surface area contributed by atoms with Gasteiger partial charge in [0.2, 0.25) is 0 Å². The molecular weight excluding hydrogens is 228 g/mol. The summed E-state index contributed by atoms with van der Waals surface area (Å²) in [5.74, 6) is 0.457. The van der Waals surface area contributed by atoms with Gasteiger partial charge in [-0.2, -0.15) is 0 Å². The van der Waals surface area contributed by atoms with Crippen molar-refractivity contribution in [1.29, 1.82) is 0 Å². The summed E-state index contributed by atoms with van der Waals surface area (Å²) in [6, 6.07) is 3.83. The highest BCUT2D eigenvalue weighted by Gasteiger charge is 2.47. The van der Waals surface area contributed by atoms with Gasteiger partial charge in [-0.1, -0.05) is 41.5 Å². The Morgan fingerprint density at radius 2 is 1.47 bits per heavy atom. The Balaban J connectivity index is 3.35. The van der Waals surface area contributed by atoms with E-state index >= 15 is 0 Å².